The molecule has 164 valence electrons. The number of hydrogen-bond donors (Lipinski definition) is 1. The Morgan fingerprint density at radius 1 is 1.23 bits per heavy atom. The van der Waals surface area contributed by atoms with Crippen molar-refractivity contribution in [2.24, 2.45) is 0 Å². The molecule has 0 aliphatic carbocycles. The minimum atomic E-state index is -0.751. The van der Waals surface area contributed by atoms with Gasteiger partial charge in [0.25, 0.3) is 0 Å². The molecule has 0 atom stereocenters. The third kappa shape index (κ3) is 5.84. The SMILES string of the molecule is CC1(C)OB(C(=Cc2cnc(F)c(Cl)c2)CNC(=O)OCc2ccccc2)OC1(C)C. The van der Waals surface area contributed by atoms with Gasteiger partial charge in [-0.3, -0.25) is 0 Å². The highest BCUT2D eigenvalue weighted by Crippen LogP contribution is 2.38. The monoisotopic (exact) mass is 446 g/mol. The van der Waals surface area contributed by atoms with Crippen LogP contribution < -0.4 is 5.32 Å². The lowest BCUT2D eigenvalue weighted by atomic mass is 9.77. The van der Waals surface area contributed by atoms with Gasteiger partial charge < -0.3 is 19.4 Å². The van der Waals surface area contributed by atoms with Crippen LogP contribution in [-0.4, -0.2) is 35.9 Å². The number of hydrogen-bond acceptors (Lipinski definition) is 5. The Kier molecular flexibility index (Phi) is 7.04. The second-order valence-electron chi connectivity index (χ2n) is 8.26. The quantitative estimate of drug-likeness (QED) is 0.509. The van der Waals surface area contributed by atoms with Gasteiger partial charge in [-0.15, -0.1) is 0 Å². The van der Waals surface area contributed by atoms with Crippen LogP contribution in [-0.2, 0) is 20.7 Å². The summed E-state index contributed by atoms with van der Waals surface area (Å²) in [6.45, 7) is 7.98. The third-order valence-electron chi connectivity index (χ3n) is 5.38. The lowest BCUT2D eigenvalue weighted by Crippen LogP contribution is -2.41. The number of ether oxygens (including phenoxy) is 1. The largest absolute Gasteiger partial charge is 0.492 e. The van der Waals surface area contributed by atoms with E-state index in [1.807, 2.05) is 58.0 Å². The molecule has 2 heterocycles. The molecule has 0 unspecified atom stereocenters. The lowest BCUT2D eigenvalue weighted by Gasteiger charge is -2.32. The Bertz CT molecular complexity index is 953. The van der Waals surface area contributed by atoms with Crippen LogP contribution in [0.2, 0.25) is 5.02 Å². The molecule has 9 heteroatoms. The Morgan fingerprint density at radius 2 is 1.87 bits per heavy atom. The predicted octanol–water partition coefficient (Wildman–Crippen LogP) is 4.82. The highest BCUT2D eigenvalue weighted by Gasteiger charge is 2.52. The van der Waals surface area contributed by atoms with E-state index in [2.05, 4.69) is 10.3 Å². The van der Waals surface area contributed by atoms with Gasteiger partial charge in [0.15, 0.2) is 0 Å². The molecular weight excluding hydrogens is 422 g/mol. The first kappa shape index (κ1) is 23.3. The van der Waals surface area contributed by atoms with Crippen molar-refractivity contribution in [2.45, 2.75) is 45.5 Å². The molecule has 0 bridgehead atoms. The third-order valence-corrected chi connectivity index (χ3v) is 5.64. The number of alkyl carbamates (subject to hydrolysis) is 1. The number of rotatable bonds is 6. The molecule has 0 spiro atoms. The van der Waals surface area contributed by atoms with Gasteiger partial charge in [0.05, 0.1) is 16.2 Å². The van der Waals surface area contributed by atoms with Crippen molar-refractivity contribution in [3.8, 4) is 0 Å². The van der Waals surface area contributed by atoms with Crippen LogP contribution in [0.25, 0.3) is 6.08 Å². The first-order valence-corrected chi connectivity index (χ1v) is 10.3. The first-order chi connectivity index (χ1) is 14.6. The maximum atomic E-state index is 13.4. The van der Waals surface area contributed by atoms with E-state index in [-0.39, 0.29) is 18.2 Å². The minimum Gasteiger partial charge on any atom is -0.445 e. The van der Waals surface area contributed by atoms with Gasteiger partial charge in [0.2, 0.25) is 5.95 Å². The van der Waals surface area contributed by atoms with E-state index in [4.69, 9.17) is 25.6 Å². The van der Waals surface area contributed by atoms with Gasteiger partial charge in [-0.1, -0.05) is 48.0 Å². The summed E-state index contributed by atoms with van der Waals surface area (Å²) in [7, 11) is -0.719. The normalized spacial score (nSPS) is 17.5. The number of carbonyl (C=O) groups excluding carboxylic acids is 1. The molecule has 1 aliphatic heterocycles. The van der Waals surface area contributed by atoms with Crippen molar-refractivity contribution in [3.63, 3.8) is 0 Å². The molecule has 31 heavy (non-hydrogen) atoms. The second-order valence-corrected chi connectivity index (χ2v) is 8.67. The molecule has 1 amide bonds. The van der Waals surface area contributed by atoms with Crippen molar-refractivity contribution in [3.05, 3.63) is 70.2 Å². The number of pyridine rings is 1. The maximum Gasteiger partial charge on any atom is 0.492 e. The fourth-order valence-corrected chi connectivity index (χ4v) is 3.05. The summed E-state index contributed by atoms with van der Waals surface area (Å²) < 4.78 is 30.9. The summed E-state index contributed by atoms with van der Waals surface area (Å²) in [4.78, 5) is 15.9. The Morgan fingerprint density at radius 3 is 2.48 bits per heavy atom. The van der Waals surface area contributed by atoms with Crippen LogP contribution in [0.4, 0.5) is 9.18 Å². The molecule has 6 nitrogen and oxygen atoms in total. The van der Waals surface area contributed by atoms with Crippen LogP contribution in [0.5, 0.6) is 0 Å². The number of amides is 1. The summed E-state index contributed by atoms with van der Waals surface area (Å²) in [6, 6.07) is 10.8. The molecule has 1 aliphatic rings. The number of halogens is 2. The Balaban J connectivity index is 1.73. The zero-order chi connectivity index (χ0) is 22.6. The number of carbonyl (C=O) groups is 1. The summed E-state index contributed by atoms with van der Waals surface area (Å²) in [5.74, 6) is -0.751. The van der Waals surface area contributed by atoms with Crippen LogP contribution >= 0.6 is 11.6 Å². The molecule has 3 rings (SSSR count). The molecule has 1 aromatic carbocycles. The second kappa shape index (κ2) is 9.38. The predicted molar refractivity (Wildman–Crippen MR) is 118 cm³/mol. The van der Waals surface area contributed by atoms with Crippen LogP contribution in [0, 0.1) is 5.95 Å². The van der Waals surface area contributed by atoms with Gasteiger partial charge in [0.1, 0.15) is 6.61 Å². The summed E-state index contributed by atoms with van der Waals surface area (Å²) in [5.41, 5.74) is 0.911. The molecule has 0 saturated carbocycles. The van der Waals surface area contributed by atoms with Gasteiger partial charge >= 0.3 is 13.2 Å². The van der Waals surface area contributed by atoms with E-state index >= 15 is 0 Å². The van der Waals surface area contributed by atoms with Crippen molar-refractivity contribution in [1.29, 1.82) is 0 Å². The average molecular weight is 447 g/mol. The van der Waals surface area contributed by atoms with E-state index in [1.54, 1.807) is 6.08 Å². The smallest absolute Gasteiger partial charge is 0.445 e. The first-order valence-electron chi connectivity index (χ1n) is 9.89. The number of nitrogens with zero attached hydrogens (tertiary/aromatic N) is 1. The number of aromatic nitrogens is 1. The summed E-state index contributed by atoms with van der Waals surface area (Å²) in [5, 5.41) is 2.61. The fourth-order valence-electron chi connectivity index (χ4n) is 2.87. The summed E-state index contributed by atoms with van der Waals surface area (Å²) >= 11 is 5.86. The molecule has 1 aromatic heterocycles. The van der Waals surface area contributed by atoms with Crippen LogP contribution in [0.15, 0.2) is 48.1 Å². The fraction of sp³-hybridized carbons (Fsp3) is 0.364. The van der Waals surface area contributed by atoms with E-state index < -0.39 is 30.4 Å². The van der Waals surface area contributed by atoms with Gasteiger partial charge in [-0.05, 0) is 50.4 Å². The zero-order valence-corrected chi connectivity index (χ0v) is 18.7. The molecule has 1 N–H and O–H groups in total. The standard InChI is InChI=1S/C22H25BClFN2O4/c1-21(2)22(3,4)31-23(30-21)17(10-16-11-18(24)19(25)26-12-16)13-27-20(28)29-14-15-8-6-5-7-9-15/h5-12H,13-14H2,1-4H3,(H,27,28). The topological polar surface area (TPSA) is 69.7 Å². The highest BCUT2D eigenvalue weighted by atomic mass is 35.5. The number of nitrogens with one attached hydrogen (secondary N) is 1. The van der Waals surface area contributed by atoms with Crippen LogP contribution in [0.1, 0.15) is 38.8 Å². The van der Waals surface area contributed by atoms with Gasteiger partial charge in [-0.25, -0.2) is 9.78 Å². The summed E-state index contributed by atoms with van der Waals surface area (Å²) in [6.07, 6.45) is 2.47. The van der Waals surface area contributed by atoms with E-state index in [0.717, 1.165) is 5.56 Å². The zero-order valence-electron chi connectivity index (χ0n) is 17.9. The van der Waals surface area contributed by atoms with E-state index in [0.29, 0.717) is 11.0 Å². The number of benzene rings is 1. The highest BCUT2D eigenvalue weighted by molar-refractivity contribution is 6.56. The van der Waals surface area contributed by atoms with Crippen LogP contribution in [0.3, 0.4) is 0 Å². The Hall–Kier alpha value is -2.42. The van der Waals surface area contributed by atoms with E-state index in [9.17, 15) is 9.18 Å². The minimum absolute atomic E-state index is 0.0967. The molecule has 2 aromatic rings. The van der Waals surface area contributed by atoms with Crippen molar-refractivity contribution >= 4 is 30.9 Å². The van der Waals surface area contributed by atoms with Crippen molar-refractivity contribution in [1.82, 2.24) is 10.3 Å². The van der Waals surface area contributed by atoms with Gasteiger partial charge in [-0.2, -0.15) is 4.39 Å². The van der Waals surface area contributed by atoms with E-state index in [1.165, 1.54) is 12.3 Å². The molecule has 1 saturated heterocycles. The molecular formula is C22H25BClFN2O4. The average Bonchev–Trinajstić information content (AvgIpc) is 2.94. The van der Waals surface area contributed by atoms with Crippen molar-refractivity contribution < 1.29 is 23.2 Å². The van der Waals surface area contributed by atoms with Gasteiger partial charge in [0, 0.05) is 12.7 Å². The van der Waals surface area contributed by atoms with Crippen molar-refractivity contribution in [2.75, 3.05) is 6.54 Å². The maximum absolute atomic E-state index is 13.4. The Labute approximate surface area is 186 Å². The lowest BCUT2D eigenvalue weighted by molar-refractivity contribution is 0.00578. The molecule has 0 radical (unpaired) electrons. The molecule has 1 fully saturated rings.